The fourth-order valence-electron chi connectivity index (χ4n) is 3.23. The number of amides is 1. The summed E-state index contributed by atoms with van der Waals surface area (Å²) in [7, 11) is 0. The molecule has 3 aromatic heterocycles. The summed E-state index contributed by atoms with van der Waals surface area (Å²) in [6.07, 6.45) is 6.15. The van der Waals surface area contributed by atoms with Crippen molar-refractivity contribution in [1.29, 1.82) is 0 Å². The van der Waals surface area contributed by atoms with Gasteiger partial charge in [0.2, 0.25) is 0 Å². The monoisotopic (exact) mass is 405 g/mol. The van der Waals surface area contributed by atoms with Gasteiger partial charge in [0.05, 0.1) is 16.8 Å². The third-order valence-electron chi connectivity index (χ3n) is 4.77. The molecule has 6 nitrogen and oxygen atoms in total. The summed E-state index contributed by atoms with van der Waals surface area (Å²) in [5.41, 5.74) is 3.67. The predicted octanol–water partition coefficient (Wildman–Crippen LogP) is 4.88. The van der Waals surface area contributed by atoms with Crippen LogP contribution in [0.5, 0.6) is 0 Å². The van der Waals surface area contributed by atoms with E-state index in [4.69, 9.17) is 4.98 Å². The topological polar surface area (TPSA) is 63.9 Å². The molecular weight excluding hydrogens is 382 g/mol. The molecule has 0 fully saturated rings. The van der Waals surface area contributed by atoms with Gasteiger partial charge in [0.1, 0.15) is 5.69 Å². The van der Waals surface area contributed by atoms with Crippen LogP contribution in [0.15, 0.2) is 55.0 Å². The van der Waals surface area contributed by atoms with E-state index in [1.165, 1.54) is 16.9 Å². The summed E-state index contributed by atoms with van der Waals surface area (Å²) >= 11 is 1.54. The maximum Gasteiger partial charge on any atom is 0.278 e. The lowest BCUT2D eigenvalue weighted by Crippen LogP contribution is -2.32. The van der Waals surface area contributed by atoms with E-state index in [-0.39, 0.29) is 11.9 Å². The third-order valence-corrected chi connectivity index (χ3v) is 5.81. The number of pyridine rings is 1. The Morgan fingerprint density at radius 2 is 2.03 bits per heavy atom. The summed E-state index contributed by atoms with van der Waals surface area (Å²) in [4.78, 5) is 24.2. The van der Waals surface area contributed by atoms with Crippen molar-refractivity contribution in [2.24, 2.45) is 0 Å². The molecule has 0 aliphatic rings. The van der Waals surface area contributed by atoms with Crippen molar-refractivity contribution in [3.05, 3.63) is 71.8 Å². The summed E-state index contributed by atoms with van der Waals surface area (Å²) in [5, 5.41) is 5.00. The third kappa shape index (κ3) is 3.91. The van der Waals surface area contributed by atoms with E-state index in [0.717, 1.165) is 22.2 Å². The van der Waals surface area contributed by atoms with E-state index < -0.39 is 0 Å². The van der Waals surface area contributed by atoms with Crippen molar-refractivity contribution >= 4 is 32.6 Å². The first-order valence-corrected chi connectivity index (χ1v) is 10.5. The Balaban J connectivity index is 1.78. The zero-order valence-electron chi connectivity index (χ0n) is 16.7. The van der Waals surface area contributed by atoms with Crippen molar-refractivity contribution in [1.82, 2.24) is 19.7 Å². The van der Waals surface area contributed by atoms with Crippen LogP contribution in [-0.4, -0.2) is 25.7 Å². The summed E-state index contributed by atoms with van der Waals surface area (Å²) in [5.74, 6) is -0.116. The molecule has 1 amide bonds. The molecule has 0 saturated heterocycles. The number of carbonyl (C=O) groups is 1. The largest absolute Gasteiger partial charge is 0.278 e. The van der Waals surface area contributed by atoms with Crippen LogP contribution in [0.3, 0.4) is 0 Å². The Hall–Kier alpha value is -3.06. The fraction of sp³-hybridized carbons (Fsp3) is 0.273. The first-order chi connectivity index (χ1) is 14.1. The second kappa shape index (κ2) is 8.13. The Bertz CT molecular complexity index is 1130. The number of thiazole rings is 1. The molecule has 29 heavy (non-hydrogen) atoms. The van der Waals surface area contributed by atoms with Gasteiger partial charge in [-0.3, -0.25) is 19.4 Å². The van der Waals surface area contributed by atoms with E-state index in [2.05, 4.69) is 29.1 Å². The van der Waals surface area contributed by atoms with Gasteiger partial charge < -0.3 is 0 Å². The zero-order valence-corrected chi connectivity index (χ0v) is 17.6. The molecule has 0 aliphatic heterocycles. The number of anilines is 1. The number of rotatable bonds is 6. The molecule has 4 rings (SSSR count). The molecule has 0 bridgehead atoms. The van der Waals surface area contributed by atoms with E-state index in [1.807, 2.05) is 32.0 Å². The number of hydrogen-bond acceptors (Lipinski definition) is 5. The molecule has 0 saturated carbocycles. The Morgan fingerprint density at radius 3 is 2.76 bits per heavy atom. The van der Waals surface area contributed by atoms with Crippen LogP contribution in [0, 0.1) is 0 Å². The number of aromatic nitrogens is 4. The maximum absolute atomic E-state index is 13.5. The van der Waals surface area contributed by atoms with Crippen LogP contribution < -0.4 is 4.90 Å². The van der Waals surface area contributed by atoms with Crippen molar-refractivity contribution in [3.8, 4) is 0 Å². The number of aryl methyl sites for hydroxylation is 1. The minimum atomic E-state index is -0.116. The minimum absolute atomic E-state index is 0.0895. The highest BCUT2D eigenvalue weighted by Crippen LogP contribution is 2.31. The molecule has 148 valence electrons. The van der Waals surface area contributed by atoms with Crippen LogP contribution in [-0.2, 0) is 13.0 Å². The second-order valence-corrected chi connectivity index (χ2v) is 8.17. The van der Waals surface area contributed by atoms with Gasteiger partial charge in [-0.1, -0.05) is 30.4 Å². The minimum Gasteiger partial charge on any atom is -0.278 e. The van der Waals surface area contributed by atoms with Crippen LogP contribution >= 0.6 is 11.3 Å². The van der Waals surface area contributed by atoms with Crippen LogP contribution in [0.2, 0.25) is 0 Å². The number of carbonyl (C=O) groups excluding carboxylic acids is 1. The lowest BCUT2D eigenvalue weighted by atomic mass is 10.2. The fourth-order valence-corrected chi connectivity index (χ4v) is 4.25. The van der Waals surface area contributed by atoms with Crippen molar-refractivity contribution in [2.45, 2.75) is 39.8 Å². The second-order valence-electron chi connectivity index (χ2n) is 7.16. The van der Waals surface area contributed by atoms with E-state index in [1.54, 1.807) is 34.2 Å². The summed E-state index contributed by atoms with van der Waals surface area (Å²) in [6.45, 7) is 6.56. The average Bonchev–Trinajstić information content (AvgIpc) is 3.38. The summed E-state index contributed by atoms with van der Waals surface area (Å²) < 4.78 is 2.84. The first kappa shape index (κ1) is 19.3. The highest BCUT2D eigenvalue weighted by atomic mass is 32.1. The average molecular weight is 406 g/mol. The van der Waals surface area contributed by atoms with Gasteiger partial charge in [0.15, 0.2) is 5.13 Å². The molecule has 3 heterocycles. The molecule has 0 spiro atoms. The van der Waals surface area contributed by atoms with Crippen molar-refractivity contribution in [2.75, 3.05) is 4.90 Å². The Labute approximate surface area is 173 Å². The number of fused-ring (bicyclic) bond motifs is 1. The van der Waals surface area contributed by atoms with E-state index >= 15 is 0 Å². The zero-order chi connectivity index (χ0) is 20.4. The lowest BCUT2D eigenvalue weighted by Gasteiger charge is -2.21. The van der Waals surface area contributed by atoms with Crippen molar-refractivity contribution < 1.29 is 4.79 Å². The molecule has 0 aliphatic carbocycles. The van der Waals surface area contributed by atoms with Gasteiger partial charge in [-0.2, -0.15) is 5.10 Å². The molecule has 0 unspecified atom stereocenters. The Kier molecular flexibility index (Phi) is 5.40. The highest BCUT2D eigenvalue weighted by molar-refractivity contribution is 7.22. The van der Waals surface area contributed by atoms with Crippen LogP contribution in [0.25, 0.3) is 10.2 Å². The normalized spacial score (nSPS) is 11.3. The van der Waals surface area contributed by atoms with E-state index in [9.17, 15) is 4.79 Å². The molecule has 0 radical (unpaired) electrons. The Morgan fingerprint density at radius 1 is 1.17 bits per heavy atom. The predicted molar refractivity (Wildman–Crippen MR) is 116 cm³/mol. The number of nitrogens with zero attached hydrogens (tertiary/aromatic N) is 5. The molecule has 1 aromatic carbocycles. The van der Waals surface area contributed by atoms with Crippen LogP contribution in [0.4, 0.5) is 5.13 Å². The molecular formula is C22H23N5OS. The molecule has 4 aromatic rings. The van der Waals surface area contributed by atoms with E-state index in [0.29, 0.717) is 17.4 Å². The van der Waals surface area contributed by atoms with Gasteiger partial charge in [0, 0.05) is 24.6 Å². The van der Waals surface area contributed by atoms with Gasteiger partial charge in [-0.15, -0.1) is 0 Å². The standard InChI is InChI=1S/C22H23N5OS/c1-4-16-7-8-18-20(12-16)29-22(25-18)26(14-17-6-5-10-23-13-17)21(28)19-9-11-24-27(19)15(2)3/h5-13,15H,4,14H2,1-3H3. The highest BCUT2D eigenvalue weighted by Gasteiger charge is 2.25. The SMILES string of the molecule is CCc1ccc2nc(N(Cc3cccnc3)C(=O)c3ccnn3C(C)C)sc2c1. The lowest BCUT2D eigenvalue weighted by molar-refractivity contribution is 0.0973. The molecule has 0 atom stereocenters. The maximum atomic E-state index is 13.5. The number of benzene rings is 1. The summed E-state index contributed by atoms with van der Waals surface area (Å²) in [6, 6.07) is 12.0. The van der Waals surface area contributed by atoms with Crippen LogP contribution in [0.1, 0.15) is 48.4 Å². The van der Waals surface area contributed by atoms with Gasteiger partial charge >= 0.3 is 0 Å². The quantitative estimate of drug-likeness (QED) is 0.459. The van der Waals surface area contributed by atoms with Gasteiger partial charge in [0.25, 0.3) is 5.91 Å². The van der Waals surface area contributed by atoms with Crippen molar-refractivity contribution in [3.63, 3.8) is 0 Å². The first-order valence-electron chi connectivity index (χ1n) is 9.70. The molecule has 7 heteroatoms. The number of hydrogen-bond donors (Lipinski definition) is 0. The smallest absolute Gasteiger partial charge is 0.278 e. The van der Waals surface area contributed by atoms with Gasteiger partial charge in [-0.05, 0) is 55.7 Å². The van der Waals surface area contributed by atoms with Gasteiger partial charge in [-0.25, -0.2) is 4.98 Å². The molecule has 0 N–H and O–H groups in total.